The summed E-state index contributed by atoms with van der Waals surface area (Å²) in [7, 11) is 0. The lowest BCUT2D eigenvalue weighted by Crippen LogP contribution is -2.37. The van der Waals surface area contributed by atoms with Gasteiger partial charge in [-0.15, -0.1) is 11.3 Å². The van der Waals surface area contributed by atoms with Crippen LogP contribution in [-0.4, -0.2) is 38.0 Å². The molecule has 1 saturated carbocycles. The number of rotatable bonds is 5. The highest BCUT2D eigenvalue weighted by atomic mass is 32.1. The molecule has 0 radical (unpaired) electrons. The summed E-state index contributed by atoms with van der Waals surface area (Å²) in [6, 6.07) is 3.65. The number of thiophene rings is 1. The SMILES string of the molecule is O=C(NCCNC(=O)C1CC12CCNCC2)c1cccs1. The van der Waals surface area contributed by atoms with Crippen molar-refractivity contribution >= 4 is 23.2 Å². The molecule has 114 valence electrons. The molecular weight excluding hydrogens is 286 g/mol. The molecule has 1 aliphatic carbocycles. The van der Waals surface area contributed by atoms with E-state index in [9.17, 15) is 9.59 Å². The second-order valence-corrected chi connectivity index (χ2v) is 6.84. The predicted octanol–water partition coefficient (Wildman–Crippen LogP) is 0.984. The minimum absolute atomic E-state index is 0.0690. The molecule has 3 N–H and O–H groups in total. The summed E-state index contributed by atoms with van der Waals surface area (Å²) in [4.78, 5) is 24.5. The molecule has 2 fully saturated rings. The maximum Gasteiger partial charge on any atom is 0.261 e. The summed E-state index contributed by atoms with van der Waals surface area (Å²) >= 11 is 1.42. The van der Waals surface area contributed by atoms with Crippen LogP contribution in [0.15, 0.2) is 17.5 Å². The topological polar surface area (TPSA) is 70.2 Å². The Labute approximate surface area is 128 Å². The lowest BCUT2D eigenvalue weighted by Gasteiger charge is -2.23. The minimum atomic E-state index is -0.0690. The molecular formula is C15H21N3O2S. The molecule has 3 rings (SSSR count). The second-order valence-electron chi connectivity index (χ2n) is 5.89. The summed E-state index contributed by atoms with van der Waals surface area (Å²) in [6.07, 6.45) is 3.25. The van der Waals surface area contributed by atoms with Crippen LogP contribution in [0, 0.1) is 11.3 Å². The van der Waals surface area contributed by atoms with Gasteiger partial charge < -0.3 is 16.0 Å². The monoisotopic (exact) mass is 307 g/mol. The van der Waals surface area contributed by atoms with Gasteiger partial charge in [-0.1, -0.05) is 6.07 Å². The van der Waals surface area contributed by atoms with E-state index in [1.807, 2.05) is 11.4 Å². The molecule has 0 aromatic carbocycles. The summed E-state index contributed by atoms with van der Waals surface area (Å²) < 4.78 is 0. The van der Waals surface area contributed by atoms with Crippen LogP contribution in [0.25, 0.3) is 0 Å². The number of carbonyl (C=O) groups is 2. The molecule has 2 heterocycles. The Morgan fingerprint density at radius 3 is 2.76 bits per heavy atom. The third-order valence-corrected chi connectivity index (χ3v) is 5.43. The van der Waals surface area contributed by atoms with Crippen LogP contribution in [0.3, 0.4) is 0 Å². The quantitative estimate of drug-likeness (QED) is 0.710. The zero-order valence-electron chi connectivity index (χ0n) is 12.0. The summed E-state index contributed by atoms with van der Waals surface area (Å²) in [5, 5.41) is 11.0. The maximum atomic E-state index is 12.1. The van der Waals surface area contributed by atoms with E-state index < -0.39 is 0 Å². The van der Waals surface area contributed by atoms with Gasteiger partial charge in [0.2, 0.25) is 5.91 Å². The molecule has 2 amide bonds. The van der Waals surface area contributed by atoms with Crippen LogP contribution in [0.1, 0.15) is 28.9 Å². The molecule has 1 aliphatic heterocycles. The normalized spacial score (nSPS) is 22.8. The molecule has 1 atom stereocenters. The average Bonchev–Trinajstić information content (AvgIpc) is 2.95. The number of carbonyl (C=O) groups excluding carboxylic acids is 2. The Kier molecular flexibility index (Phi) is 4.26. The van der Waals surface area contributed by atoms with E-state index >= 15 is 0 Å². The van der Waals surface area contributed by atoms with E-state index in [1.54, 1.807) is 6.07 Å². The smallest absolute Gasteiger partial charge is 0.261 e. The van der Waals surface area contributed by atoms with Crippen LogP contribution < -0.4 is 16.0 Å². The molecule has 0 bridgehead atoms. The third-order valence-electron chi connectivity index (χ3n) is 4.56. The van der Waals surface area contributed by atoms with Crippen LogP contribution in [0.4, 0.5) is 0 Å². The van der Waals surface area contributed by atoms with Crippen LogP contribution in [0.2, 0.25) is 0 Å². The first-order valence-electron chi connectivity index (χ1n) is 7.51. The Balaban J connectivity index is 1.35. The van der Waals surface area contributed by atoms with E-state index in [4.69, 9.17) is 0 Å². The van der Waals surface area contributed by atoms with Crippen molar-refractivity contribution in [2.24, 2.45) is 11.3 Å². The standard InChI is InChI=1S/C15H21N3O2S/c19-13(11-10-15(11)3-5-16-6-4-15)17-7-8-18-14(20)12-2-1-9-21-12/h1-2,9,11,16H,3-8,10H2,(H,17,19)(H,18,20). The molecule has 1 spiro atoms. The fourth-order valence-corrected chi connectivity index (χ4v) is 3.82. The molecule has 1 aromatic heterocycles. The van der Waals surface area contributed by atoms with Gasteiger partial charge in [0.15, 0.2) is 0 Å². The highest BCUT2D eigenvalue weighted by Crippen LogP contribution is 2.58. The van der Waals surface area contributed by atoms with E-state index in [0.717, 1.165) is 32.4 Å². The first-order valence-corrected chi connectivity index (χ1v) is 8.39. The van der Waals surface area contributed by atoms with Gasteiger partial charge in [-0.25, -0.2) is 0 Å². The Hall–Kier alpha value is -1.40. The molecule has 21 heavy (non-hydrogen) atoms. The summed E-state index contributed by atoms with van der Waals surface area (Å²) in [5.41, 5.74) is 0.273. The van der Waals surface area contributed by atoms with Gasteiger partial charge in [0.1, 0.15) is 0 Å². The van der Waals surface area contributed by atoms with Crippen molar-refractivity contribution in [3.05, 3.63) is 22.4 Å². The summed E-state index contributed by atoms with van der Waals surface area (Å²) in [6.45, 7) is 3.03. The number of hydrogen-bond donors (Lipinski definition) is 3. The average molecular weight is 307 g/mol. The maximum absolute atomic E-state index is 12.1. The van der Waals surface area contributed by atoms with E-state index in [0.29, 0.717) is 18.0 Å². The van der Waals surface area contributed by atoms with Crippen LogP contribution >= 0.6 is 11.3 Å². The number of amides is 2. The molecule has 5 nitrogen and oxygen atoms in total. The molecule has 6 heteroatoms. The zero-order valence-corrected chi connectivity index (χ0v) is 12.8. The van der Waals surface area contributed by atoms with Gasteiger partial charge in [0.05, 0.1) is 4.88 Å². The first kappa shape index (κ1) is 14.5. The Morgan fingerprint density at radius 1 is 1.29 bits per heavy atom. The van der Waals surface area contributed by atoms with Crippen molar-refractivity contribution in [2.75, 3.05) is 26.2 Å². The Bertz CT molecular complexity index is 509. The van der Waals surface area contributed by atoms with Crippen LogP contribution in [0.5, 0.6) is 0 Å². The number of nitrogens with one attached hydrogen (secondary N) is 3. The first-order chi connectivity index (χ1) is 10.2. The highest BCUT2D eigenvalue weighted by molar-refractivity contribution is 7.12. The van der Waals surface area contributed by atoms with Gasteiger partial charge in [-0.2, -0.15) is 0 Å². The highest BCUT2D eigenvalue weighted by Gasteiger charge is 2.57. The van der Waals surface area contributed by atoms with Crippen LogP contribution in [-0.2, 0) is 4.79 Å². The van der Waals surface area contributed by atoms with Crippen molar-refractivity contribution in [3.63, 3.8) is 0 Å². The van der Waals surface area contributed by atoms with Gasteiger partial charge in [0, 0.05) is 19.0 Å². The zero-order chi connectivity index (χ0) is 14.7. The van der Waals surface area contributed by atoms with E-state index in [1.165, 1.54) is 11.3 Å². The van der Waals surface area contributed by atoms with Crippen molar-refractivity contribution in [2.45, 2.75) is 19.3 Å². The third kappa shape index (κ3) is 3.27. The fraction of sp³-hybridized carbons (Fsp3) is 0.600. The lowest BCUT2D eigenvalue weighted by atomic mass is 9.92. The number of piperidine rings is 1. The minimum Gasteiger partial charge on any atom is -0.354 e. The van der Waals surface area contributed by atoms with Gasteiger partial charge in [-0.05, 0) is 49.2 Å². The largest absolute Gasteiger partial charge is 0.354 e. The van der Waals surface area contributed by atoms with Crippen molar-refractivity contribution in [1.82, 2.24) is 16.0 Å². The van der Waals surface area contributed by atoms with Gasteiger partial charge >= 0.3 is 0 Å². The van der Waals surface area contributed by atoms with Crippen molar-refractivity contribution < 1.29 is 9.59 Å². The van der Waals surface area contributed by atoms with E-state index in [2.05, 4.69) is 16.0 Å². The predicted molar refractivity (Wildman–Crippen MR) is 82.3 cm³/mol. The van der Waals surface area contributed by atoms with Crippen molar-refractivity contribution in [1.29, 1.82) is 0 Å². The molecule has 1 aromatic rings. The summed E-state index contributed by atoms with van der Waals surface area (Å²) in [5.74, 6) is 0.273. The van der Waals surface area contributed by atoms with Gasteiger partial charge in [-0.3, -0.25) is 9.59 Å². The van der Waals surface area contributed by atoms with Crippen molar-refractivity contribution in [3.8, 4) is 0 Å². The molecule has 1 unspecified atom stereocenters. The Morgan fingerprint density at radius 2 is 2.05 bits per heavy atom. The second kappa shape index (κ2) is 6.15. The number of hydrogen-bond acceptors (Lipinski definition) is 4. The van der Waals surface area contributed by atoms with E-state index in [-0.39, 0.29) is 23.1 Å². The fourth-order valence-electron chi connectivity index (χ4n) is 3.18. The van der Waals surface area contributed by atoms with Gasteiger partial charge in [0.25, 0.3) is 5.91 Å². The molecule has 2 aliphatic rings. The molecule has 1 saturated heterocycles. The lowest BCUT2D eigenvalue weighted by molar-refractivity contribution is -0.123.